The van der Waals surface area contributed by atoms with Crippen LogP contribution in [0.4, 0.5) is 0 Å². The third-order valence-electron chi connectivity index (χ3n) is 7.05. The number of ether oxygens (including phenoxy) is 1. The van der Waals surface area contributed by atoms with Gasteiger partial charge in [0.05, 0.1) is 25.4 Å². The monoisotopic (exact) mass is 531 g/mol. The van der Waals surface area contributed by atoms with Crippen molar-refractivity contribution in [3.63, 3.8) is 0 Å². The summed E-state index contributed by atoms with van der Waals surface area (Å²) in [6.45, 7) is 1.80. The molecule has 2 aromatic carbocycles. The molecule has 11 nitrogen and oxygen atoms in total. The van der Waals surface area contributed by atoms with Crippen molar-refractivity contribution in [2.75, 3.05) is 20.2 Å². The molecule has 204 valence electrons. The molecule has 1 aromatic heterocycles. The Morgan fingerprint density at radius 3 is 2.59 bits per heavy atom. The van der Waals surface area contributed by atoms with Gasteiger partial charge in [0.25, 0.3) is 5.91 Å². The van der Waals surface area contributed by atoms with E-state index < -0.39 is 12.1 Å². The van der Waals surface area contributed by atoms with Crippen molar-refractivity contribution in [1.29, 1.82) is 0 Å². The van der Waals surface area contributed by atoms with Crippen LogP contribution >= 0.6 is 0 Å². The van der Waals surface area contributed by atoms with Crippen molar-refractivity contribution >= 4 is 17.7 Å². The number of benzene rings is 2. The smallest absolute Gasteiger partial charge is 0.251 e. The van der Waals surface area contributed by atoms with Gasteiger partial charge in [0, 0.05) is 37.5 Å². The SMILES string of the molecule is CN1C[C@@H]2C[C@H]1C(=O)N[C@@H](Cc1ccccc1)C(=O)NCc1cn(nn1)CCCOc1ccc(cc1)C(=O)N2. The predicted octanol–water partition coefficient (Wildman–Crippen LogP) is 0.907. The summed E-state index contributed by atoms with van der Waals surface area (Å²) in [6.07, 6.45) is 3.28. The summed E-state index contributed by atoms with van der Waals surface area (Å²) >= 11 is 0. The van der Waals surface area contributed by atoms with E-state index in [1.54, 1.807) is 35.1 Å². The van der Waals surface area contributed by atoms with Gasteiger partial charge in [-0.1, -0.05) is 35.5 Å². The van der Waals surface area contributed by atoms with Crippen LogP contribution < -0.4 is 20.7 Å². The molecule has 0 spiro atoms. The van der Waals surface area contributed by atoms with E-state index in [0.717, 1.165) is 5.56 Å². The number of hydrogen-bond acceptors (Lipinski definition) is 7. The number of nitrogens with one attached hydrogen (secondary N) is 3. The minimum absolute atomic E-state index is 0.195. The number of likely N-dealkylation sites (tertiary alicyclic amines) is 1. The van der Waals surface area contributed by atoms with Gasteiger partial charge >= 0.3 is 0 Å². The van der Waals surface area contributed by atoms with Gasteiger partial charge in [-0.05, 0) is 43.3 Å². The van der Waals surface area contributed by atoms with Gasteiger partial charge in [0.1, 0.15) is 17.5 Å². The van der Waals surface area contributed by atoms with E-state index in [0.29, 0.717) is 56.0 Å². The number of rotatable bonds is 2. The normalized spacial score (nSPS) is 23.1. The van der Waals surface area contributed by atoms with Crippen molar-refractivity contribution in [2.45, 2.75) is 50.5 Å². The lowest BCUT2D eigenvalue weighted by atomic mass is 10.0. The Labute approximate surface area is 226 Å². The maximum atomic E-state index is 13.4. The second-order valence-electron chi connectivity index (χ2n) is 10.0. The maximum absolute atomic E-state index is 13.4. The van der Waals surface area contributed by atoms with Gasteiger partial charge in [0.2, 0.25) is 11.8 Å². The fraction of sp³-hybridized carbons (Fsp3) is 0.393. The van der Waals surface area contributed by atoms with Gasteiger partial charge in [-0.25, -0.2) is 0 Å². The molecule has 39 heavy (non-hydrogen) atoms. The third-order valence-corrected chi connectivity index (χ3v) is 7.05. The van der Waals surface area contributed by atoms with Gasteiger partial charge in [0.15, 0.2) is 0 Å². The minimum Gasteiger partial charge on any atom is -0.494 e. The number of amides is 3. The van der Waals surface area contributed by atoms with Gasteiger partial charge in [-0.3, -0.25) is 24.0 Å². The number of fused-ring (bicyclic) bond motifs is 11. The summed E-state index contributed by atoms with van der Waals surface area (Å²) in [5.74, 6) is -0.0738. The summed E-state index contributed by atoms with van der Waals surface area (Å²) in [6, 6.07) is 15.1. The molecule has 1 saturated heterocycles. The second kappa shape index (κ2) is 12.1. The largest absolute Gasteiger partial charge is 0.494 e. The standard InChI is InChI=1S/C28H33N7O4/c1-34-17-21-15-25(34)28(38)31-24(14-19-6-3-2-4-7-19)27(37)29-16-22-18-35(33-32-22)12-5-13-39-23-10-8-20(9-11-23)26(36)30-21/h2-4,6-11,18,21,24-25H,5,12-17H2,1H3,(H,29,37)(H,30,36)(H,31,38)/t21-,24-,25-/m0/s1. The molecule has 0 unspecified atom stereocenters. The Morgan fingerprint density at radius 2 is 1.79 bits per heavy atom. The number of carbonyl (C=O) groups is 3. The average molecular weight is 532 g/mol. The summed E-state index contributed by atoms with van der Waals surface area (Å²) in [4.78, 5) is 41.4. The Kier molecular flexibility index (Phi) is 8.16. The molecule has 0 radical (unpaired) electrons. The number of likely N-dealkylation sites (N-methyl/N-ethyl adjacent to an activating group) is 1. The number of aromatic nitrogens is 3. The van der Waals surface area contributed by atoms with Crippen molar-refractivity contribution in [3.05, 3.63) is 77.6 Å². The van der Waals surface area contributed by atoms with Crippen LogP contribution in [0, 0.1) is 0 Å². The molecule has 3 aromatic rings. The topological polar surface area (TPSA) is 130 Å². The quantitative estimate of drug-likeness (QED) is 0.448. The van der Waals surface area contributed by atoms with Crippen molar-refractivity contribution in [2.24, 2.45) is 0 Å². The van der Waals surface area contributed by atoms with Gasteiger partial charge in [-0.2, -0.15) is 0 Å². The highest BCUT2D eigenvalue weighted by molar-refractivity contribution is 5.95. The molecular formula is C28H33N7O4. The van der Waals surface area contributed by atoms with Crippen LogP contribution in [0.2, 0.25) is 0 Å². The lowest BCUT2D eigenvalue weighted by Crippen LogP contribution is -2.52. The minimum atomic E-state index is -0.773. The Bertz CT molecular complexity index is 1290. The van der Waals surface area contributed by atoms with Crippen molar-refractivity contribution in [1.82, 2.24) is 35.8 Å². The Morgan fingerprint density at radius 1 is 1.00 bits per heavy atom. The van der Waals surface area contributed by atoms with Crippen LogP contribution in [-0.2, 0) is 29.1 Å². The highest BCUT2D eigenvalue weighted by atomic mass is 16.5. The zero-order chi connectivity index (χ0) is 27.2. The number of carbonyl (C=O) groups excluding carboxylic acids is 3. The van der Waals surface area contributed by atoms with Crippen LogP contribution in [0.15, 0.2) is 60.8 Å². The van der Waals surface area contributed by atoms with E-state index in [2.05, 4.69) is 26.3 Å². The van der Waals surface area contributed by atoms with Crippen LogP contribution in [-0.4, -0.2) is 75.9 Å². The zero-order valence-electron chi connectivity index (χ0n) is 21.9. The van der Waals surface area contributed by atoms with E-state index in [1.165, 1.54) is 0 Å². The molecule has 4 heterocycles. The first-order valence-corrected chi connectivity index (χ1v) is 13.2. The molecule has 0 aliphatic carbocycles. The fourth-order valence-electron chi connectivity index (χ4n) is 4.96. The lowest BCUT2D eigenvalue weighted by Gasteiger charge is -2.23. The van der Waals surface area contributed by atoms with E-state index in [1.807, 2.05) is 42.3 Å². The zero-order valence-corrected chi connectivity index (χ0v) is 21.9. The lowest BCUT2D eigenvalue weighted by molar-refractivity contribution is -0.131. The highest BCUT2D eigenvalue weighted by Gasteiger charge is 2.37. The summed E-state index contributed by atoms with van der Waals surface area (Å²) in [5.41, 5.74) is 2.08. The molecule has 3 amide bonds. The number of hydrogen-bond donors (Lipinski definition) is 3. The molecule has 11 heteroatoms. The first-order chi connectivity index (χ1) is 18.9. The number of aryl methyl sites for hydroxylation is 1. The molecule has 3 atom stereocenters. The Balaban J connectivity index is 1.35. The van der Waals surface area contributed by atoms with Crippen LogP contribution in [0.5, 0.6) is 5.75 Å². The molecular weight excluding hydrogens is 498 g/mol. The van der Waals surface area contributed by atoms with Crippen LogP contribution in [0.1, 0.15) is 34.5 Å². The van der Waals surface area contributed by atoms with Crippen LogP contribution in [0.25, 0.3) is 0 Å². The summed E-state index contributed by atoms with van der Waals surface area (Å²) < 4.78 is 7.51. The molecule has 3 aliphatic rings. The molecule has 6 rings (SSSR count). The van der Waals surface area contributed by atoms with E-state index >= 15 is 0 Å². The molecule has 0 saturated carbocycles. The fourth-order valence-corrected chi connectivity index (χ4v) is 4.96. The second-order valence-corrected chi connectivity index (χ2v) is 10.0. The molecule has 3 N–H and O–H groups in total. The maximum Gasteiger partial charge on any atom is 0.251 e. The third kappa shape index (κ3) is 6.80. The highest BCUT2D eigenvalue weighted by Crippen LogP contribution is 2.18. The Hall–Kier alpha value is -4.25. The molecule has 3 aliphatic heterocycles. The average Bonchev–Trinajstić information content (AvgIpc) is 3.55. The van der Waals surface area contributed by atoms with Crippen molar-refractivity contribution in [3.8, 4) is 5.75 Å². The van der Waals surface area contributed by atoms with Crippen LogP contribution in [0.3, 0.4) is 0 Å². The van der Waals surface area contributed by atoms with Gasteiger partial charge in [-0.15, -0.1) is 5.10 Å². The van der Waals surface area contributed by atoms with Crippen molar-refractivity contribution < 1.29 is 19.1 Å². The first kappa shape index (κ1) is 26.4. The molecule has 6 bridgehead atoms. The summed E-state index contributed by atoms with van der Waals surface area (Å²) in [5, 5.41) is 17.2. The predicted molar refractivity (Wildman–Crippen MR) is 143 cm³/mol. The molecule has 1 fully saturated rings. The van der Waals surface area contributed by atoms with Gasteiger partial charge < -0.3 is 20.7 Å². The first-order valence-electron chi connectivity index (χ1n) is 13.2. The van der Waals surface area contributed by atoms with E-state index in [4.69, 9.17) is 4.74 Å². The van der Waals surface area contributed by atoms with E-state index in [9.17, 15) is 14.4 Å². The van der Waals surface area contributed by atoms with E-state index in [-0.39, 0.29) is 30.3 Å². The summed E-state index contributed by atoms with van der Waals surface area (Å²) in [7, 11) is 1.85. The number of nitrogens with zero attached hydrogens (tertiary/aromatic N) is 4.